The number of benzene rings is 2. The van der Waals surface area contributed by atoms with Gasteiger partial charge in [0.15, 0.2) is 0 Å². The lowest BCUT2D eigenvalue weighted by atomic mass is 10.1. The summed E-state index contributed by atoms with van der Waals surface area (Å²) in [6.07, 6.45) is 1.17. The Morgan fingerprint density at radius 3 is 2.22 bits per heavy atom. The first kappa shape index (κ1) is 29.3. The summed E-state index contributed by atoms with van der Waals surface area (Å²) in [5, 5.41) is 2.89. The van der Waals surface area contributed by atoms with E-state index in [1.54, 1.807) is 6.07 Å². The van der Waals surface area contributed by atoms with Crippen molar-refractivity contribution in [1.29, 1.82) is 0 Å². The van der Waals surface area contributed by atoms with Crippen LogP contribution >= 0.6 is 0 Å². The molecule has 8 nitrogen and oxygen atoms in total. The summed E-state index contributed by atoms with van der Waals surface area (Å²) < 4.78 is 29.0. The molecule has 0 aliphatic carbocycles. The molecular formula is C27H40N4O4S. The van der Waals surface area contributed by atoms with Crippen LogP contribution in [0.2, 0.25) is 0 Å². The molecule has 0 saturated carbocycles. The first-order valence-corrected chi connectivity index (χ1v) is 13.7. The molecule has 0 unspecified atom stereocenters. The third-order valence-electron chi connectivity index (χ3n) is 6.02. The van der Waals surface area contributed by atoms with Crippen LogP contribution in [0, 0.1) is 20.8 Å². The minimum Gasteiger partial charge on any atom is -0.354 e. The Morgan fingerprint density at radius 2 is 1.64 bits per heavy atom. The van der Waals surface area contributed by atoms with Crippen LogP contribution < -0.4 is 9.62 Å². The van der Waals surface area contributed by atoms with Gasteiger partial charge in [-0.1, -0.05) is 55.8 Å². The Labute approximate surface area is 216 Å². The molecule has 0 aromatic heterocycles. The Hall–Kier alpha value is -2.91. The van der Waals surface area contributed by atoms with Crippen LogP contribution in [0.4, 0.5) is 5.69 Å². The van der Waals surface area contributed by atoms with E-state index in [1.807, 2.05) is 71.0 Å². The van der Waals surface area contributed by atoms with Gasteiger partial charge in [-0.25, -0.2) is 4.31 Å². The predicted molar refractivity (Wildman–Crippen MR) is 145 cm³/mol. The summed E-state index contributed by atoms with van der Waals surface area (Å²) in [4.78, 5) is 28.4. The highest BCUT2D eigenvalue weighted by Gasteiger charge is 2.34. The highest BCUT2D eigenvalue weighted by molar-refractivity contribution is 7.90. The zero-order chi connectivity index (χ0) is 27.0. The van der Waals surface area contributed by atoms with Crippen molar-refractivity contribution in [2.24, 2.45) is 0 Å². The van der Waals surface area contributed by atoms with Gasteiger partial charge in [0, 0.05) is 27.2 Å². The Morgan fingerprint density at radius 1 is 0.972 bits per heavy atom. The fourth-order valence-electron chi connectivity index (χ4n) is 3.98. The molecule has 2 amide bonds. The third kappa shape index (κ3) is 7.30. The molecule has 198 valence electrons. The van der Waals surface area contributed by atoms with E-state index in [2.05, 4.69) is 5.32 Å². The highest BCUT2D eigenvalue weighted by Crippen LogP contribution is 2.26. The van der Waals surface area contributed by atoms with Gasteiger partial charge in [0.25, 0.3) is 0 Å². The first-order valence-electron chi connectivity index (χ1n) is 12.3. The van der Waals surface area contributed by atoms with Crippen molar-refractivity contribution in [2.75, 3.05) is 31.5 Å². The molecule has 2 aromatic rings. The fraction of sp³-hybridized carbons (Fsp3) is 0.481. The lowest BCUT2D eigenvalue weighted by molar-refractivity contribution is -0.140. The quantitative estimate of drug-likeness (QED) is 0.467. The number of hydrogen-bond donors (Lipinski definition) is 1. The second-order valence-corrected chi connectivity index (χ2v) is 11.4. The molecule has 0 aliphatic heterocycles. The number of hydrogen-bond acceptors (Lipinski definition) is 4. The van der Waals surface area contributed by atoms with Crippen molar-refractivity contribution in [3.05, 3.63) is 64.7 Å². The van der Waals surface area contributed by atoms with Gasteiger partial charge in [-0.05, 0) is 56.4 Å². The van der Waals surface area contributed by atoms with Crippen LogP contribution in [-0.4, -0.2) is 62.7 Å². The Balaban J connectivity index is 2.54. The molecule has 36 heavy (non-hydrogen) atoms. The van der Waals surface area contributed by atoms with Gasteiger partial charge in [-0.15, -0.1) is 0 Å². The molecule has 9 heteroatoms. The van der Waals surface area contributed by atoms with Crippen LogP contribution in [0.5, 0.6) is 0 Å². The van der Waals surface area contributed by atoms with Crippen molar-refractivity contribution in [1.82, 2.24) is 14.5 Å². The van der Waals surface area contributed by atoms with E-state index < -0.39 is 28.7 Å². The normalized spacial score (nSPS) is 12.3. The molecule has 0 radical (unpaired) electrons. The molecule has 0 saturated heterocycles. The number of aryl methyl sites for hydroxylation is 3. The average molecular weight is 517 g/mol. The lowest BCUT2D eigenvalue weighted by Gasteiger charge is -2.34. The maximum atomic E-state index is 13.9. The van der Waals surface area contributed by atoms with E-state index in [9.17, 15) is 18.0 Å². The number of carbonyl (C=O) groups excluding carboxylic acids is 2. The topological polar surface area (TPSA) is 90.0 Å². The number of anilines is 1. The van der Waals surface area contributed by atoms with E-state index in [4.69, 9.17) is 0 Å². The van der Waals surface area contributed by atoms with Gasteiger partial charge in [0.05, 0.1) is 5.69 Å². The van der Waals surface area contributed by atoms with Crippen molar-refractivity contribution >= 4 is 27.7 Å². The van der Waals surface area contributed by atoms with Crippen molar-refractivity contribution in [2.45, 2.75) is 60.0 Å². The van der Waals surface area contributed by atoms with Gasteiger partial charge in [0.1, 0.15) is 12.6 Å². The minimum absolute atomic E-state index is 0.196. The van der Waals surface area contributed by atoms with Crippen LogP contribution in [0.15, 0.2) is 42.5 Å². The van der Waals surface area contributed by atoms with Gasteiger partial charge in [-0.2, -0.15) is 12.7 Å². The summed E-state index contributed by atoms with van der Waals surface area (Å²) >= 11 is 0. The van der Waals surface area contributed by atoms with Crippen LogP contribution in [0.3, 0.4) is 0 Å². The van der Waals surface area contributed by atoms with Crippen molar-refractivity contribution in [3.63, 3.8) is 0 Å². The summed E-state index contributed by atoms with van der Waals surface area (Å²) in [6.45, 7) is 9.75. The van der Waals surface area contributed by atoms with Crippen molar-refractivity contribution in [3.8, 4) is 0 Å². The number of nitrogens with one attached hydrogen (secondary N) is 1. The van der Waals surface area contributed by atoms with E-state index in [-0.39, 0.29) is 12.5 Å². The molecule has 2 rings (SSSR count). The number of amides is 2. The second kappa shape index (κ2) is 12.9. The number of rotatable bonds is 12. The SMILES string of the molecule is CCCNC(=O)[C@H](CC)N(Cc1cccc(C)c1)C(=O)CN(c1cc(C)ccc1C)S(=O)(=O)N(C)C. The molecule has 0 aliphatic rings. The molecule has 0 bridgehead atoms. The highest BCUT2D eigenvalue weighted by atomic mass is 32.2. The maximum absolute atomic E-state index is 13.9. The fourth-order valence-corrected chi connectivity index (χ4v) is 5.10. The van der Waals surface area contributed by atoms with Gasteiger partial charge < -0.3 is 10.2 Å². The zero-order valence-electron chi connectivity index (χ0n) is 22.5. The maximum Gasteiger partial charge on any atom is 0.304 e. The van der Waals surface area contributed by atoms with Gasteiger partial charge in [-0.3, -0.25) is 9.59 Å². The van der Waals surface area contributed by atoms with Gasteiger partial charge >= 0.3 is 10.2 Å². The smallest absolute Gasteiger partial charge is 0.304 e. The summed E-state index contributed by atoms with van der Waals surface area (Å²) in [7, 11) is -1.11. The summed E-state index contributed by atoms with van der Waals surface area (Å²) in [6, 6.07) is 12.5. The van der Waals surface area contributed by atoms with Crippen molar-refractivity contribution < 1.29 is 18.0 Å². The lowest BCUT2D eigenvalue weighted by Crippen LogP contribution is -2.53. The molecular weight excluding hydrogens is 476 g/mol. The second-order valence-electron chi connectivity index (χ2n) is 9.31. The minimum atomic E-state index is -3.99. The van der Waals surface area contributed by atoms with Crippen LogP contribution in [-0.2, 0) is 26.3 Å². The van der Waals surface area contributed by atoms with E-state index in [0.717, 1.165) is 37.3 Å². The Kier molecular flexibility index (Phi) is 10.5. The third-order valence-corrected chi connectivity index (χ3v) is 7.83. The number of nitrogens with zero attached hydrogens (tertiary/aromatic N) is 3. The molecule has 1 N–H and O–H groups in total. The monoisotopic (exact) mass is 516 g/mol. The largest absolute Gasteiger partial charge is 0.354 e. The average Bonchev–Trinajstić information content (AvgIpc) is 2.82. The summed E-state index contributed by atoms with van der Waals surface area (Å²) in [5.41, 5.74) is 3.96. The summed E-state index contributed by atoms with van der Waals surface area (Å²) in [5.74, 6) is -0.685. The van der Waals surface area contributed by atoms with Crippen LogP contribution in [0.25, 0.3) is 0 Å². The Bertz CT molecular complexity index is 1160. The predicted octanol–water partition coefficient (Wildman–Crippen LogP) is 3.56. The van der Waals surface area contributed by atoms with E-state index in [0.29, 0.717) is 18.7 Å². The first-order chi connectivity index (χ1) is 16.9. The molecule has 2 aromatic carbocycles. The molecule has 0 spiro atoms. The standard InChI is InChI=1S/C27H40N4O4S/c1-8-15-28-27(33)24(9-2)30(18-23-12-10-11-20(3)16-23)26(32)19-31(36(34,35)29(6)7)25-17-21(4)13-14-22(25)5/h10-14,16-17,24H,8-9,15,18-19H2,1-7H3,(H,28,33)/t24-/m0/s1. The van der Waals surface area contributed by atoms with Gasteiger partial charge in [0.2, 0.25) is 11.8 Å². The van der Waals surface area contributed by atoms with E-state index >= 15 is 0 Å². The molecule has 0 heterocycles. The van der Waals surface area contributed by atoms with Crippen LogP contribution in [0.1, 0.15) is 48.9 Å². The number of carbonyl (C=O) groups is 2. The molecule has 0 fully saturated rings. The molecule has 1 atom stereocenters. The van der Waals surface area contributed by atoms with E-state index in [1.165, 1.54) is 19.0 Å². The zero-order valence-corrected chi connectivity index (χ0v) is 23.4.